The third-order valence-electron chi connectivity index (χ3n) is 3.60. The van der Waals surface area contributed by atoms with Crippen molar-refractivity contribution in [3.05, 3.63) is 23.5 Å². The Kier molecular flexibility index (Phi) is 4.31. The van der Waals surface area contributed by atoms with Gasteiger partial charge in [0.25, 0.3) is 0 Å². The summed E-state index contributed by atoms with van der Waals surface area (Å²) in [6.07, 6.45) is 5.29. The molecule has 2 aromatic heterocycles. The zero-order chi connectivity index (χ0) is 14.0. The van der Waals surface area contributed by atoms with Crippen LogP contribution in [-0.2, 0) is 6.42 Å². The molecule has 106 valence electrons. The van der Waals surface area contributed by atoms with Gasteiger partial charge in [-0.05, 0) is 45.6 Å². The maximum atomic E-state index is 4.67. The molecule has 4 heteroatoms. The molecule has 2 heterocycles. The summed E-state index contributed by atoms with van der Waals surface area (Å²) in [5, 5.41) is 5.66. The predicted molar refractivity (Wildman–Crippen MR) is 82.9 cm³/mol. The number of hydrogen-bond donors (Lipinski definition) is 1. The van der Waals surface area contributed by atoms with E-state index in [2.05, 4.69) is 67.1 Å². The quantitative estimate of drug-likeness (QED) is 0.906. The molecule has 0 saturated carbocycles. The molecule has 3 nitrogen and oxygen atoms in total. The number of hydrogen-bond acceptors (Lipinski definition) is 3. The first-order valence-electron chi connectivity index (χ1n) is 7.01. The van der Waals surface area contributed by atoms with Gasteiger partial charge in [0.1, 0.15) is 0 Å². The Balaban J connectivity index is 1.89. The molecule has 0 bridgehead atoms. The minimum Gasteiger partial charge on any atom is -0.312 e. The lowest BCUT2D eigenvalue weighted by Crippen LogP contribution is -2.40. The first-order valence-corrected chi connectivity index (χ1v) is 7.89. The molecular weight excluding hydrogens is 254 g/mol. The number of fused-ring (bicyclic) bond motifs is 1. The lowest BCUT2D eigenvalue weighted by molar-refractivity contribution is 0.316. The van der Waals surface area contributed by atoms with E-state index in [4.69, 9.17) is 0 Å². The van der Waals surface area contributed by atoms with Gasteiger partial charge in [-0.15, -0.1) is 11.3 Å². The molecule has 0 aliphatic rings. The third-order valence-corrected chi connectivity index (χ3v) is 4.37. The van der Waals surface area contributed by atoms with E-state index >= 15 is 0 Å². The van der Waals surface area contributed by atoms with Crippen molar-refractivity contribution in [2.75, 3.05) is 6.54 Å². The van der Waals surface area contributed by atoms with Crippen molar-refractivity contribution in [2.45, 2.75) is 46.6 Å². The largest absolute Gasteiger partial charge is 0.312 e. The van der Waals surface area contributed by atoms with Gasteiger partial charge in [-0.3, -0.25) is 4.40 Å². The molecule has 2 rings (SSSR count). The Morgan fingerprint density at radius 3 is 2.68 bits per heavy atom. The van der Waals surface area contributed by atoms with E-state index in [1.807, 2.05) is 0 Å². The van der Waals surface area contributed by atoms with Gasteiger partial charge in [-0.2, -0.15) is 0 Å². The number of nitrogens with one attached hydrogen (secondary N) is 1. The number of nitrogens with zero attached hydrogens (tertiary/aromatic N) is 2. The second kappa shape index (κ2) is 5.63. The second-order valence-electron chi connectivity index (χ2n) is 6.61. The van der Waals surface area contributed by atoms with Gasteiger partial charge < -0.3 is 5.32 Å². The molecule has 0 aliphatic carbocycles. The Morgan fingerprint density at radius 2 is 2.05 bits per heavy atom. The number of rotatable bonds is 5. The highest BCUT2D eigenvalue weighted by Gasteiger charge is 2.17. The van der Waals surface area contributed by atoms with Crippen molar-refractivity contribution in [1.82, 2.24) is 14.7 Å². The Morgan fingerprint density at radius 1 is 1.32 bits per heavy atom. The molecule has 0 saturated heterocycles. The van der Waals surface area contributed by atoms with Crippen LogP contribution in [0.25, 0.3) is 4.96 Å². The van der Waals surface area contributed by atoms with E-state index in [0.29, 0.717) is 11.8 Å². The Hall–Kier alpha value is -0.870. The van der Waals surface area contributed by atoms with Gasteiger partial charge in [-0.1, -0.05) is 13.8 Å². The number of imidazole rings is 1. The summed E-state index contributed by atoms with van der Waals surface area (Å²) >= 11 is 1.70. The zero-order valence-corrected chi connectivity index (χ0v) is 13.4. The predicted octanol–water partition coefficient (Wildman–Crippen LogP) is 3.60. The fraction of sp³-hybridized carbons (Fsp3) is 0.667. The van der Waals surface area contributed by atoms with Crippen LogP contribution >= 0.6 is 11.3 Å². The molecule has 0 radical (unpaired) electrons. The molecule has 0 aromatic carbocycles. The number of aromatic nitrogens is 2. The van der Waals surface area contributed by atoms with E-state index in [0.717, 1.165) is 17.9 Å². The maximum absolute atomic E-state index is 4.67. The highest BCUT2D eigenvalue weighted by molar-refractivity contribution is 7.15. The normalized spacial score (nSPS) is 15.8. The molecule has 0 amide bonds. The van der Waals surface area contributed by atoms with Crippen molar-refractivity contribution in [2.24, 2.45) is 11.8 Å². The van der Waals surface area contributed by atoms with Gasteiger partial charge in [-0.25, -0.2) is 4.98 Å². The van der Waals surface area contributed by atoms with Crippen LogP contribution in [0.3, 0.4) is 0 Å². The van der Waals surface area contributed by atoms with Crippen molar-refractivity contribution in [3.63, 3.8) is 0 Å². The van der Waals surface area contributed by atoms with E-state index < -0.39 is 0 Å². The van der Waals surface area contributed by atoms with Crippen molar-refractivity contribution in [3.8, 4) is 0 Å². The van der Waals surface area contributed by atoms with E-state index in [-0.39, 0.29) is 5.54 Å². The van der Waals surface area contributed by atoms with E-state index in [1.54, 1.807) is 11.3 Å². The fourth-order valence-corrected chi connectivity index (χ4v) is 2.79. The smallest absolute Gasteiger partial charge is 0.193 e. The van der Waals surface area contributed by atoms with Crippen LogP contribution in [-0.4, -0.2) is 21.5 Å². The summed E-state index contributed by atoms with van der Waals surface area (Å²) in [7, 11) is 0. The van der Waals surface area contributed by atoms with Gasteiger partial charge in [0.2, 0.25) is 0 Å². The van der Waals surface area contributed by atoms with Gasteiger partial charge >= 0.3 is 0 Å². The molecule has 2 unspecified atom stereocenters. The molecular formula is C15H25N3S. The summed E-state index contributed by atoms with van der Waals surface area (Å²) < 4.78 is 2.12. The van der Waals surface area contributed by atoms with E-state index in [1.165, 1.54) is 5.69 Å². The topological polar surface area (TPSA) is 29.3 Å². The summed E-state index contributed by atoms with van der Waals surface area (Å²) in [4.78, 5) is 5.76. The second-order valence-corrected chi connectivity index (χ2v) is 7.49. The van der Waals surface area contributed by atoms with Crippen LogP contribution in [0, 0.1) is 11.8 Å². The van der Waals surface area contributed by atoms with Crippen molar-refractivity contribution >= 4 is 16.3 Å². The Labute approximate surface area is 120 Å². The zero-order valence-electron chi connectivity index (χ0n) is 12.6. The number of thiazole rings is 1. The van der Waals surface area contributed by atoms with Crippen LogP contribution in [0.15, 0.2) is 17.8 Å². The minimum absolute atomic E-state index is 0.199. The summed E-state index contributed by atoms with van der Waals surface area (Å²) in [6, 6.07) is 0. The van der Waals surface area contributed by atoms with Gasteiger partial charge in [0, 0.05) is 23.3 Å². The van der Waals surface area contributed by atoms with Gasteiger partial charge in [0.15, 0.2) is 4.96 Å². The molecule has 1 N–H and O–H groups in total. The van der Waals surface area contributed by atoms with Crippen LogP contribution in [0.2, 0.25) is 0 Å². The summed E-state index contributed by atoms with van der Waals surface area (Å²) in [5.74, 6) is 1.29. The van der Waals surface area contributed by atoms with Gasteiger partial charge in [0.05, 0.1) is 5.69 Å². The molecule has 0 spiro atoms. The van der Waals surface area contributed by atoms with E-state index in [9.17, 15) is 0 Å². The molecule has 0 aliphatic heterocycles. The maximum Gasteiger partial charge on any atom is 0.193 e. The van der Waals surface area contributed by atoms with Crippen LogP contribution < -0.4 is 5.32 Å². The Bertz CT molecular complexity index is 492. The van der Waals surface area contributed by atoms with Crippen LogP contribution in [0.1, 0.15) is 40.3 Å². The third kappa shape index (κ3) is 4.05. The average molecular weight is 279 g/mol. The first kappa shape index (κ1) is 14.5. The van der Waals surface area contributed by atoms with Crippen LogP contribution in [0.4, 0.5) is 0 Å². The van der Waals surface area contributed by atoms with Crippen molar-refractivity contribution < 1.29 is 0 Å². The van der Waals surface area contributed by atoms with Crippen molar-refractivity contribution in [1.29, 1.82) is 0 Å². The standard InChI is InChI=1S/C15H25N3S/c1-11(12(2)9-16-15(3,4)5)8-13-10-18-6-7-19-14(18)17-13/h6-7,10-12,16H,8-9H2,1-5H3. The summed E-state index contributed by atoms with van der Waals surface area (Å²) in [5.41, 5.74) is 1.41. The molecule has 0 fully saturated rings. The van der Waals surface area contributed by atoms with Crippen LogP contribution in [0.5, 0.6) is 0 Å². The lowest BCUT2D eigenvalue weighted by atomic mass is 9.91. The first-order chi connectivity index (χ1) is 8.85. The highest BCUT2D eigenvalue weighted by atomic mass is 32.1. The minimum atomic E-state index is 0.199. The summed E-state index contributed by atoms with van der Waals surface area (Å²) in [6.45, 7) is 12.4. The molecule has 2 aromatic rings. The molecule has 19 heavy (non-hydrogen) atoms. The highest BCUT2D eigenvalue weighted by Crippen LogP contribution is 2.19. The average Bonchev–Trinajstić information content (AvgIpc) is 2.85. The fourth-order valence-electron chi connectivity index (χ4n) is 2.07. The monoisotopic (exact) mass is 279 g/mol. The SMILES string of the molecule is CC(CNC(C)(C)C)C(C)Cc1cn2ccsc2n1. The molecule has 2 atom stereocenters. The lowest BCUT2D eigenvalue weighted by Gasteiger charge is -2.26.